The van der Waals surface area contributed by atoms with Crippen molar-refractivity contribution in [1.82, 2.24) is 9.55 Å². The van der Waals surface area contributed by atoms with Crippen molar-refractivity contribution in [3.8, 4) is 0 Å². The highest BCUT2D eigenvalue weighted by Gasteiger charge is 2.21. The number of nitrogens with zero attached hydrogens (tertiary/aromatic N) is 2. The van der Waals surface area contributed by atoms with E-state index in [4.69, 9.17) is 5.11 Å². The van der Waals surface area contributed by atoms with Crippen molar-refractivity contribution in [3.05, 3.63) is 34.3 Å². The first kappa shape index (κ1) is 16.1. The largest absolute Gasteiger partial charge is 0.481 e. The van der Waals surface area contributed by atoms with Crippen molar-refractivity contribution in [2.45, 2.75) is 44.3 Å². The zero-order valence-corrected chi connectivity index (χ0v) is 13.9. The molecule has 0 saturated carbocycles. The van der Waals surface area contributed by atoms with Crippen LogP contribution in [0.25, 0.3) is 0 Å². The second-order valence-corrected chi connectivity index (χ2v) is 6.68. The summed E-state index contributed by atoms with van der Waals surface area (Å²) in [6.07, 6.45) is 4.88. The van der Waals surface area contributed by atoms with E-state index in [2.05, 4.69) is 40.9 Å². The molecule has 2 aromatic rings. The van der Waals surface area contributed by atoms with Crippen LogP contribution in [0.4, 0.5) is 0 Å². The number of imidazole rings is 1. The van der Waals surface area contributed by atoms with E-state index < -0.39 is 5.97 Å². The molecule has 0 spiro atoms. The number of aromatic nitrogens is 2. The van der Waals surface area contributed by atoms with Crippen LogP contribution in [0.5, 0.6) is 0 Å². The summed E-state index contributed by atoms with van der Waals surface area (Å²) >= 11 is 3.05. The number of hydrogen-bond donors (Lipinski definition) is 1. The first-order valence-electron chi connectivity index (χ1n) is 7.11. The predicted octanol–water partition coefficient (Wildman–Crippen LogP) is 4.07. The zero-order chi connectivity index (χ0) is 15.2. The number of carboxylic acids is 1. The Hall–Kier alpha value is -1.27. The Morgan fingerprint density at radius 2 is 2.33 bits per heavy atom. The van der Waals surface area contributed by atoms with Gasteiger partial charge in [0.1, 0.15) is 0 Å². The Kier molecular flexibility index (Phi) is 5.87. The van der Waals surface area contributed by atoms with Gasteiger partial charge in [-0.3, -0.25) is 4.79 Å². The van der Waals surface area contributed by atoms with Gasteiger partial charge in [-0.05, 0) is 24.3 Å². The first-order chi connectivity index (χ1) is 10.2. The maximum atomic E-state index is 10.8. The van der Waals surface area contributed by atoms with Crippen LogP contribution in [0, 0.1) is 0 Å². The molecule has 2 rings (SSSR count). The van der Waals surface area contributed by atoms with Gasteiger partial charge in [-0.2, -0.15) is 0 Å². The maximum absolute atomic E-state index is 10.8. The molecule has 21 heavy (non-hydrogen) atoms. The van der Waals surface area contributed by atoms with Crippen LogP contribution in [0.3, 0.4) is 0 Å². The van der Waals surface area contributed by atoms with Gasteiger partial charge >= 0.3 is 5.97 Å². The Labute approximate surface area is 133 Å². The standard InChI is InChI=1S/C15H20N2O2S2/c1-3-6-12(13-7-5-8-20-13)17-11(4-2)9-16-15(17)21-10-14(18)19/h5,7-9,12H,3-4,6,10H2,1-2H3,(H,18,19). The van der Waals surface area contributed by atoms with Gasteiger partial charge in [0, 0.05) is 16.8 Å². The fourth-order valence-corrected chi connectivity index (χ4v) is 3.97. The van der Waals surface area contributed by atoms with E-state index in [-0.39, 0.29) is 11.8 Å². The second kappa shape index (κ2) is 7.66. The fourth-order valence-electron chi connectivity index (χ4n) is 2.36. The summed E-state index contributed by atoms with van der Waals surface area (Å²) in [5, 5.41) is 11.8. The second-order valence-electron chi connectivity index (χ2n) is 4.76. The third-order valence-corrected chi connectivity index (χ3v) is 5.20. The molecule has 1 unspecified atom stereocenters. The van der Waals surface area contributed by atoms with E-state index >= 15 is 0 Å². The van der Waals surface area contributed by atoms with Crippen molar-refractivity contribution < 1.29 is 9.90 Å². The number of carbonyl (C=O) groups is 1. The van der Waals surface area contributed by atoms with Gasteiger partial charge in [0.2, 0.25) is 0 Å². The highest BCUT2D eigenvalue weighted by Crippen LogP contribution is 2.33. The topological polar surface area (TPSA) is 55.1 Å². The predicted molar refractivity (Wildman–Crippen MR) is 87.3 cm³/mol. The Morgan fingerprint density at radius 3 is 2.90 bits per heavy atom. The number of carboxylic acid groups (broad SMARTS) is 1. The summed E-state index contributed by atoms with van der Waals surface area (Å²) in [6.45, 7) is 4.28. The van der Waals surface area contributed by atoms with Crippen LogP contribution in [0.2, 0.25) is 0 Å². The lowest BCUT2D eigenvalue weighted by atomic mass is 10.1. The number of thioether (sulfide) groups is 1. The van der Waals surface area contributed by atoms with E-state index in [0.717, 1.165) is 30.1 Å². The van der Waals surface area contributed by atoms with E-state index in [9.17, 15) is 4.79 Å². The number of aliphatic carboxylic acids is 1. The van der Waals surface area contributed by atoms with Gasteiger partial charge in [-0.1, -0.05) is 38.1 Å². The third kappa shape index (κ3) is 3.89. The van der Waals surface area contributed by atoms with E-state index in [0.29, 0.717) is 0 Å². The Morgan fingerprint density at radius 1 is 1.52 bits per heavy atom. The molecule has 6 heteroatoms. The van der Waals surface area contributed by atoms with E-state index in [1.807, 2.05) is 6.20 Å². The molecule has 4 nitrogen and oxygen atoms in total. The van der Waals surface area contributed by atoms with Crippen molar-refractivity contribution >= 4 is 29.1 Å². The van der Waals surface area contributed by atoms with Crippen molar-refractivity contribution in [2.24, 2.45) is 0 Å². The summed E-state index contributed by atoms with van der Waals surface area (Å²) in [4.78, 5) is 16.6. The summed E-state index contributed by atoms with van der Waals surface area (Å²) in [5.74, 6) is -0.764. The SMILES string of the molecule is CCCC(c1cccs1)n1c(CC)cnc1SCC(=O)O. The first-order valence-corrected chi connectivity index (χ1v) is 8.98. The molecule has 0 amide bonds. The van der Waals surface area contributed by atoms with Crippen molar-refractivity contribution in [1.29, 1.82) is 0 Å². The van der Waals surface area contributed by atoms with Crippen molar-refractivity contribution in [2.75, 3.05) is 5.75 Å². The molecule has 0 bridgehead atoms. The smallest absolute Gasteiger partial charge is 0.313 e. The molecule has 1 N–H and O–H groups in total. The Balaban J connectivity index is 2.37. The lowest BCUT2D eigenvalue weighted by molar-refractivity contribution is -0.133. The minimum atomic E-state index is -0.809. The minimum Gasteiger partial charge on any atom is -0.481 e. The molecule has 0 fully saturated rings. The van der Waals surface area contributed by atoms with Gasteiger partial charge in [-0.15, -0.1) is 11.3 Å². The van der Waals surface area contributed by atoms with Crippen molar-refractivity contribution in [3.63, 3.8) is 0 Å². The molecule has 2 aromatic heterocycles. The molecule has 114 valence electrons. The Bertz CT molecular complexity index is 579. The van der Waals surface area contributed by atoms with Crippen LogP contribution >= 0.6 is 23.1 Å². The van der Waals surface area contributed by atoms with Crippen LogP contribution < -0.4 is 0 Å². The monoisotopic (exact) mass is 324 g/mol. The number of thiophene rings is 1. The highest BCUT2D eigenvalue weighted by molar-refractivity contribution is 7.99. The quantitative estimate of drug-likeness (QED) is 0.744. The van der Waals surface area contributed by atoms with Crippen LogP contribution in [-0.4, -0.2) is 26.4 Å². The molecule has 0 aliphatic rings. The van der Waals surface area contributed by atoms with Gasteiger partial charge in [0.15, 0.2) is 5.16 Å². The average Bonchev–Trinajstić information content (AvgIpc) is 3.11. The van der Waals surface area contributed by atoms with Crippen LogP contribution in [0.1, 0.15) is 43.3 Å². The molecule has 0 aliphatic heterocycles. The summed E-state index contributed by atoms with van der Waals surface area (Å²) < 4.78 is 2.23. The fraction of sp³-hybridized carbons (Fsp3) is 0.467. The van der Waals surface area contributed by atoms with Gasteiger partial charge in [0.25, 0.3) is 0 Å². The number of rotatable bonds is 8. The number of aryl methyl sites for hydroxylation is 1. The zero-order valence-electron chi connectivity index (χ0n) is 12.3. The summed E-state index contributed by atoms with van der Waals surface area (Å²) in [5.41, 5.74) is 1.16. The van der Waals surface area contributed by atoms with E-state index in [1.165, 1.54) is 16.6 Å². The van der Waals surface area contributed by atoms with Gasteiger partial charge in [-0.25, -0.2) is 4.98 Å². The molecule has 0 saturated heterocycles. The third-order valence-electron chi connectivity index (χ3n) is 3.27. The normalized spacial score (nSPS) is 12.5. The highest BCUT2D eigenvalue weighted by atomic mass is 32.2. The summed E-state index contributed by atoms with van der Waals surface area (Å²) in [6, 6.07) is 4.47. The molecule has 0 aliphatic carbocycles. The van der Waals surface area contributed by atoms with Gasteiger partial charge < -0.3 is 9.67 Å². The molecule has 0 radical (unpaired) electrons. The maximum Gasteiger partial charge on any atom is 0.313 e. The minimum absolute atomic E-state index is 0.0451. The lowest BCUT2D eigenvalue weighted by Crippen LogP contribution is -2.14. The number of hydrogen-bond acceptors (Lipinski definition) is 4. The molecule has 0 aromatic carbocycles. The molecule has 1 atom stereocenters. The molecular formula is C15H20N2O2S2. The van der Waals surface area contributed by atoms with E-state index in [1.54, 1.807) is 11.3 Å². The lowest BCUT2D eigenvalue weighted by Gasteiger charge is -2.21. The average molecular weight is 324 g/mol. The van der Waals surface area contributed by atoms with Crippen LogP contribution in [-0.2, 0) is 11.2 Å². The summed E-state index contributed by atoms with van der Waals surface area (Å²) in [7, 11) is 0. The van der Waals surface area contributed by atoms with Gasteiger partial charge in [0.05, 0.1) is 11.8 Å². The molecular weight excluding hydrogens is 304 g/mol. The molecule has 2 heterocycles. The van der Waals surface area contributed by atoms with Crippen LogP contribution in [0.15, 0.2) is 28.9 Å².